The van der Waals surface area contributed by atoms with Crippen LogP contribution in [0.25, 0.3) is 0 Å². The highest BCUT2D eigenvalue weighted by atomic mass is 16.6. The van der Waals surface area contributed by atoms with Crippen molar-refractivity contribution in [2.45, 2.75) is 374 Å². The molecule has 0 N–H and O–H groups in total. The molecule has 0 fully saturated rings. The molecule has 79 heavy (non-hydrogen) atoms. The molecule has 0 aliphatic carbocycles. The smallest absolute Gasteiger partial charge is 0.306 e. The summed E-state index contributed by atoms with van der Waals surface area (Å²) in [6.45, 7) is 6.59. The number of carbonyl (C=O) groups is 3. The van der Waals surface area contributed by atoms with Crippen molar-refractivity contribution in [1.82, 2.24) is 0 Å². The van der Waals surface area contributed by atoms with E-state index in [0.29, 0.717) is 19.3 Å². The summed E-state index contributed by atoms with van der Waals surface area (Å²) >= 11 is 0. The van der Waals surface area contributed by atoms with E-state index >= 15 is 0 Å². The number of ether oxygens (including phenoxy) is 3. The second-order valence-electron chi connectivity index (χ2n) is 23.4. The lowest BCUT2D eigenvalue weighted by atomic mass is 10.0. The van der Waals surface area contributed by atoms with Crippen LogP contribution >= 0.6 is 0 Å². The minimum atomic E-state index is -0.776. The second kappa shape index (κ2) is 67.6. The maximum Gasteiger partial charge on any atom is 0.306 e. The number of rotatable bonds is 64. The third-order valence-corrected chi connectivity index (χ3v) is 15.5. The zero-order valence-electron chi connectivity index (χ0n) is 52.9. The first-order chi connectivity index (χ1) is 39.0. The lowest BCUT2D eigenvalue weighted by Crippen LogP contribution is -2.30. The first-order valence-corrected chi connectivity index (χ1v) is 34.8. The zero-order valence-corrected chi connectivity index (χ0v) is 52.9. The van der Waals surface area contributed by atoms with Crippen molar-refractivity contribution in [2.24, 2.45) is 0 Å². The third-order valence-electron chi connectivity index (χ3n) is 15.5. The molecule has 0 amide bonds. The summed E-state index contributed by atoms with van der Waals surface area (Å²) in [7, 11) is 0. The molecular weight excluding hydrogens is 973 g/mol. The minimum absolute atomic E-state index is 0.0715. The zero-order chi connectivity index (χ0) is 57.1. The van der Waals surface area contributed by atoms with Crippen molar-refractivity contribution < 1.29 is 28.6 Å². The van der Waals surface area contributed by atoms with Crippen molar-refractivity contribution in [3.8, 4) is 0 Å². The van der Waals surface area contributed by atoms with Gasteiger partial charge in [0.1, 0.15) is 13.2 Å². The van der Waals surface area contributed by atoms with Gasteiger partial charge in [0.2, 0.25) is 0 Å². The molecule has 0 radical (unpaired) electrons. The number of hydrogen-bond donors (Lipinski definition) is 0. The van der Waals surface area contributed by atoms with Crippen LogP contribution in [0, 0.1) is 0 Å². The van der Waals surface area contributed by atoms with Crippen LogP contribution in [0.2, 0.25) is 0 Å². The molecular formula is C73H132O6. The quantitative estimate of drug-likeness (QED) is 0.0261. The standard InChI is InChI=1S/C73H132O6/c1-4-7-10-13-16-19-22-25-28-31-34-35-36-37-38-39-40-43-45-48-51-54-57-60-63-66-72(75)78-69-70(79-73(76)67-64-61-58-55-52-49-46-42-33-30-27-24-21-18-15-12-9-6-3)68-77-71(74)65-62-59-56-53-50-47-44-41-32-29-26-23-20-17-14-11-8-5-2/h7,10,16,19,25,28,30,33-35,70H,4-6,8-9,11-15,17-18,20-24,26-27,29,31-32,36-69H2,1-3H3/b10-7-,19-16-,28-25-,33-30-,35-34-. The highest BCUT2D eigenvalue weighted by Gasteiger charge is 2.19. The van der Waals surface area contributed by atoms with Crippen LogP contribution < -0.4 is 0 Å². The Morgan fingerprint density at radius 3 is 0.785 bits per heavy atom. The van der Waals surface area contributed by atoms with E-state index in [9.17, 15) is 14.4 Å². The predicted molar refractivity (Wildman–Crippen MR) is 344 cm³/mol. The van der Waals surface area contributed by atoms with Gasteiger partial charge in [-0.15, -0.1) is 0 Å². The summed E-state index contributed by atoms with van der Waals surface area (Å²) in [4.78, 5) is 38.5. The van der Waals surface area contributed by atoms with E-state index in [2.05, 4.69) is 81.5 Å². The van der Waals surface area contributed by atoms with E-state index in [1.165, 1.54) is 244 Å². The van der Waals surface area contributed by atoms with Crippen LogP contribution in [0.3, 0.4) is 0 Å². The fraction of sp³-hybridized carbons (Fsp3) is 0.822. The van der Waals surface area contributed by atoms with Crippen molar-refractivity contribution in [2.75, 3.05) is 13.2 Å². The lowest BCUT2D eigenvalue weighted by Gasteiger charge is -2.18. The van der Waals surface area contributed by atoms with Gasteiger partial charge in [0, 0.05) is 19.3 Å². The molecule has 0 saturated carbocycles. The fourth-order valence-electron chi connectivity index (χ4n) is 10.3. The molecule has 0 bridgehead atoms. The van der Waals surface area contributed by atoms with Crippen LogP contribution in [0.1, 0.15) is 367 Å². The number of unbranched alkanes of at least 4 members (excludes halogenated alkanes) is 43. The average Bonchev–Trinajstić information content (AvgIpc) is 3.45. The Morgan fingerprint density at radius 1 is 0.266 bits per heavy atom. The molecule has 1 atom stereocenters. The molecule has 0 aliphatic heterocycles. The maximum absolute atomic E-state index is 12.9. The molecule has 0 saturated heterocycles. The van der Waals surface area contributed by atoms with Gasteiger partial charge in [-0.1, -0.05) is 326 Å². The van der Waals surface area contributed by atoms with Gasteiger partial charge in [-0.05, 0) is 83.5 Å². The Labute approximate surface area is 491 Å². The molecule has 0 aromatic carbocycles. The highest BCUT2D eigenvalue weighted by molar-refractivity contribution is 5.71. The largest absolute Gasteiger partial charge is 0.462 e. The Morgan fingerprint density at radius 2 is 0.494 bits per heavy atom. The van der Waals surface area contributed by atoms with E-state index in [1.807, 2.05) is 0 Å². The van der Waals surface area contributed by atoms with Crippen molar-refractivity contribution in [1.29, 1.82) is 0 Å². The number of hydrogen-bond acceptors (Lipinski definition) is 6. The molecule has 0 rings (SSSR count). The Hall–Kier alpha value is -2.89. The van der Waals surface area contributed by atoms with Crippen LogP contribution in [-0.2, 0) is 28.6 Å². The molecule has 0 aliphatic rings. The predicted octanol–water partition coefficient (Wildman–Crippen LogP) is 23.9. The average molecular weight is 1110 g/mol. The molecule has 1 unspecified atom stereocenters. The van der Waals surface area contributed by atoms with Gasteiger partial charge in [0.15, 0.2) is 6.10 Å². The summed E-state index contributed by atoms with van der Waals surface area (Å²) in [5, 5.41) is 0. The molecule has 6 heteroatoms. The Bertz CT molecular complexity index is 1410. The molecule has 0 aromatic rings. The van der Waals surface area contributed by atoms with E-state index in [1.54, 1.807) is 0 Å². The number of esters is 3. The monoisotopic (exact) mass is 1110 g/mol. The minimum Gasteiger partial charge on any atom is -0.462 e. The van der Waals surface area contributed by atoms with Crippen LogP contribution in [0.15, 0.2) is 60.8 Å². The summed E-state index contributed by atoms with van der Waals surface area (Å²) < 4.78 is 17.0. The summed E-state index contributed by atoms with van der Waals surface area (Å²) in [6, 6.07) is 0. The van der Waals surface area contributed by atoms with Crippen LogP contribution in [0.5, 0.6) is 0 Å². The molecule has 460 valence electrons. The normalized spacial score (nSPS) is 12.4. The van der Waals surface area contributed by atoms with E-state index in [4.69, 9.17) is 14.2 Å². The van der Waals surface area contributed by atoms with Gasteiger partial charge in [0.25, 0.3) is 0 Å². The highest BCUT2D eigenvalue weighted by Crippen LogP contribution is 2.18. The van der Waals surface area contributed by atoms with Gasteiger partial charge < -0.3 is 14.2 Å². The topological polar surface area (TPSA) is 78.9 Å². The Kier molecular flexibility index (Phi) is 65.1. The van der Waals surface area contributed by atoms with E-state index in [-0.39, 0.29) is 31.1 Å². The summed E-state index contributed by atoms with van der Waals surface area (Å²) in [5.41, 5.74) is 0. The molecule has 0 spiro atoms. The summed E-state index contributed by atoms with van der Waals surface area (Å²) in [6.07, 6.45) is 86.6. The van der Waals surface area contributed by atoms with Crippen molar-refractivity contribution in [3.63, 3.8) is 0 Å². The van der Waals surface area contributed by atoms with Crippen LogP contribution in [-0.4, -0.2) is 37.2 Å². The molecule has 0 aromatic heterocycles. The number of allylic oxidation sites excluding steroid dienone is 10. The first kappa shape index (κ1) is 76.1. The Balaban J connectivity index is 4.31. The molecule has 0 heterocycles. The van der Waals surface area contributed by atoms with Gasteiger partial charge in [-0.25, -0.2) is 0 Å². The van der Waals surface area contributed by atoms with Gasteiger partial charge >= 0.3 is 17.9 Å². The molecule has 6 nitrogen and oxygen atoms in total. The third kappa shape index (κ3) is 65.8. The van der Waals surface area contributed by atoms with E-state index in [0.717, 1.165) is 83.5 Å². The number of carbonyl (C=O) groups excluding carboxylic acids is 3. The summed E-state index contributed by atoms with van der Waals surface area (Å²) in [5.74, 6) is -0.853. The van der Waals surface area contributed by atoms with Gasteiger partial charge in [-0.3, -0.25) is 14.4 Å². The maximum atomic E-state index is 12.9. The first-order valence-electron chi connectivity index (χ1n) is 34.8. The second-order valence-corrected chi connectivity index (χ2v) is 23.4. The van der Waals surface area contributed by atoms with Gasteiger partial charge in [-0.2, -0.15) is 0 Å². The SMILES string of the molecule is CC/C=C\C/C=C\C/C=C\C/C=C\CCCCCCCCCCCCCCC(=O)OCC(COC(=O)CCCCCCCCCCCCCCCCCCCC)OC(=O)CCCCCCCCC/C=C\CCCCCCCCC. The van der Waals surface area contributed by atoms with Crippen molar-refractivity contribution in [3.05, 3.63) is 60.8 Å². The van der Waals surface area contributed by atoms with Crippen molar-refractivity contribution >= 4 is 17.9 Å². The fourth-order valence-corrected chi connectivity index (χ4v) is 10.3. The lowest BCUT2D eigenvalue weighted by molar-refractivity contribution is -0.167. The van der Waals surface area contributed by atoms with E-state index < -0.39 is 6.10 Å². The van der Waals surface area contributed by atoms with Crippen LogP contribution in [0.4, 0.5) is 0 Å². The van der Waals surface area contributed by atoms with Gasteiger partial charge in [0.05, 0.1) is 0 Å².